The molecule has 0 aliphatic rings. The lowest BCUT2D eigenvalue weighted by atomic mass is 10.1. The average Bonchev–Trinajstić information content (AvgIpc) is 2.11. The van der Waals surface area contributed by atoms with Gasteiger partial charge in [0.05, 0.1) is 0 Å². The summed E-state index contributed by atoms with van der Waals surface area (Å²) in [6, 6.07) is 0. The Balaban J connectivity index is 3.75. The van der Waals surface area contributed by atoms with Crippen molar-refractivity contribution in [2.45, 2.75) is 47.0 Å². The molecule has 0 saturated carbocycles. The Hall–Kier alpha value is -0.530. The van der Waals surface area contributed by atoms with Crippen LogP contribution in [0.5, 0.6) is 0 Å². The van der Waals surface area contributed by atoms with Crippen molar-refractivity contribution >= 4 is 5.91 Å². The van der Waals surface area contributed by atoms with Crippen LogP contribution in [0.1, 0.15) is 47.0 Å². The van der Waals surface area contributed by atoms with Crippen molar-refractivity contribution in [3.05, 3.63) is 0 Å². The van der Waals surface area contributed by atoms with Crippen LogP contribution < -0.4 is 0 Å². The molecule has 78 valence electrons. The number of rotatable bonds is 6. The molecule has 0 N–H and O–H groups in total. The Morgan fingerprint density at radius 1 is 1.31 bits per heavy atom. The van der Waals surface area contributed by atoms with Crippen molar-refractivity contribution < 1.29 is 4.79 Å². The molecule has 0 aromatic carbocycles. The van der Waals surface area contributed by atoms with Gasteiger partial charge >= 0.3 is 0 Å². The van der Waals surface area contributed by atoms with E-state index in [-0.39, 0.29) is 5.91 Å². The van der Waals surface area contributed by atoms with Gasteiger partial charge in [-0.25, -0.2) is 0 Å². The fraction of sp³-hybridized carbons (Fsp3) is 0.909. The lowest BCUT2D eigenvalue weighted by Crippen LogP contribution is -2.31. The van der Waals surface area contributed by atoms with Crippen LogP contribution in [0.4, 0.5) is 0 Å². The van der Waals surface area contributed by atoms with E-state index in [0.29, 0.717) is 0 Å². The van der Waals surface area contributed by atoms with Crippen molar-refractivity contribution in [1.29, 1.82) is 0 Å². The first-order chi connectivity index (χ1) is 6.11. The molecule has 13 heavy (non-hydrogen) atoms. The number of hydrogen-bond acceptors (Lipinski definition) is 1. The molecular formula is C11H23NO. The van der Waals surface area contributed by atoms with Crippen LogP contribution in [0, 0.1) is 5.92 Å². The van der Waals surface area contributed by atoms with Crippen LogP contribution in [0.25, 0.3) is 0 Å². The fourth-order valence-electron chi connectivity index (χ4n) is 1.28. The normalized spacial score (nSPS) is 12.6. The smallest absolute Gasteiger partial charge is 0.219 e. The number of nitrogens with zero attached hydrogens (tertiary/aromatic N) is 1. The summed E-state index contributed by atoms with van der Waals surface area (Å²) in [4.78, 5) is 13.1. The van der Waals surface area contributed by atoms with E-state index in [0.717, 1.165) is 31.8 Å². The van der Waals surface area contributed by atoms with Gasteiger partial charge in [-0.1, -0.05) is 27.2 Å². The summed E-state index contributed by atoms with van der Waals surface area (Å²) in [7, 11) is 0. The topological polar surface area (TPSA) is 20.3 Å². The van der Waals surface area contributed by atoms with Gasteiger partial charge in [0.1, 0.15) is 0 Å². The lowest BCUT2D eigenvalue weighted by Gasteiger charge is -2.21. The summed E-state index contributed by atoms with van der Waals surface area (Å²) < 4.78 is 0. The van der Waals surface area contributed by atoms with E-state index < -0.39 is 0 Å². The molecule has 0 spiro atoms. The van der Waals surface area contributed by atoms with E-state index in [2.05, 4.69) is 20.8 Å². The second-order valence-electron chi connectivity index (χ2n) is 3.81. The van der Waals surface area contributed by atoms with Gasteiger partial charge in [-0.3, -0.25) is 4.79 Å². The molecule has 0 aliphatic carbocycles. The first-order valence-corrected chi connectivity index (χ1v) is 5.37. The van der Waals surface area contributed by atoms with Crippen LogP contribution in [0.2, 0.25) is 0 Å². The molecule has 0 fully saturated rings. The second-order valence-corrected chi connectivity index (χ2v) is 3.81. The van der Waals surface area contributed by atoms with Gasteiger partial charge in [-0.15, -0.1) is 0 Å². The summed E-state index contributed by atoms with van der Waals surface area (Å²) >= 11 is 0. The predicted octanol–water partition coefficient (Wildman–Crippen LogP) is 2.68. The molecular weight excluding hydrogens is 162 g/mol. The van der Waals surface area contributed by atoms with E-state index in [1.54, 1.807) is 6.92 Å². The molecule has 0 rings (SSSR count). The van der Waals surface area contributed by atoms with Gasteiger partial charge in [-0.05, 0) is 18.8 Å². The first-order valence-electron chi connectivity index (χ1n) is 5.37. The van der Waals surface area contributed by atoms with E-state index in [4.69, 9.17) is 0 Å². The minimum absolute atomic E-state index is 0.213. The first kappa shape index (κ1) is 12.5. The van der Waals surface area contributed by atoms with E-state index in [9.17, 15) is 4.79 Å². The molecule has 1 atom stereocenters. The third kappa shape index (κ3) is 5.67. The summed E-state index contributed by atoms with van der Waals surface area (Å²) in [5.74, 6) is 0.948. The van der Waals surface area contributed by atoms with Crippen molar-refractivity contribution in [1.82, 2.24) is 4.90 Å². The fourth-order valence-corrected chi connectivity index (χ4v) is 1.28. The Bertz CT molecular complexity index is 145. The molecule has 2 nitrogen and oxygen atoms in total. The minimum atomic E-state index is 0.213. The van der Waals surface area contributed by atoms with E-state index in [1.165, 1.54) is 6.42 Å². The summed E-state index contributed by atoms with van der Waals surface area (Å²) in [5.41, 5.74) is 0. The van der Waals surface area contributed by atoms with Crippen LogP contribution >= 0.6 is 0 Å². The number of amides is 1. The third-order valence-corrected chi connectivity index (χ3v) is 2.53. The molecule has 0 aromatic rings. The van der Waals surface area contributed by atoms with Crippen molar-refractivity contribution in [3.8, 4) is 0 Å². The zero-order valence-corrected chi connectivity index (χ0v) is 9.47. The highest BCUT2D eigenvalue weighted by molar-refractivity contribution is 5.73. The molecule has 2 heteroatoms. The van der Waals surface area contributed by atoms with Gasteiger partial charge in [0.25, 0.3) is 0 Å². The lowest BCUT2D eigenvalue weighted by molar-refractivity contribution is -0.129. The van der Waals surface area contributed by atoms with E-state index in [1.807, 2.05) is 4.90 Å². The highest BCUT2D eigenvalue weighted by Crippen LogP contribution is 2.07. The Morgan fingerprint density at radius 3 is 2.31 bits per heavy atom. The van der Waals surface area contributed by atoms with Crippen molar-refractivity contribution in [2.75, 3.05) is 13.1 Å². The van der Waals surface area contributed by atoms with Crippen molar-refractivity contribution in [3.63, 3.8) is 0 Å². The number of carbonyl (C=O) groups is 1. The molecule has 0 aliphatic heterocycles. The van der Waals surface area contributed by atoms with Gasteiger partial charge in [-0.2, -0.15) is 0 Å². The van der Waals surface area contributed by atoms with E-state index >= 15 is 0 Å². The number of carbonyl (C=O) groups excluding carboxylic acids is 1. The average molecular weight is 185 g/mol. The predicted molar refractivity (Wildman–Crippen MR) is 56.6 cm³/mol. The highest BCUT2D eigenvalue weighted by Gasteiger charge is 2.08. The third-order valence-electron chi connectivity index (χ3n) is 2.53. The van der Waals surface area contributed by atoms with Gasteiger partial charge in [0.15, 0.2) is 0 Å². The monoisotopic (exact) mass is 185 g/mol. The van der Waals surface area contributed by atoms with Gasteiger partial charge < -0.3 is 4.90 Å². The molecule has 0 heterocycles. The summed E-state index contributed by atoms with van der Waals surface area (Å²) in [6.07, 6.45) is 3.40. The Labute approximate surface area is 82.3 Å². The van der Waals surface area contributed by atoms with Crippen molar-refractivity contribution in [2.24, 2.45) is 5.92 Å². The maximum Gasteiger partial charge on any atom is 0.219 e. The Kier molecular flexibility index (Phi) is 6.65. The molecule has 1 amide bonds. The maximum absolute atomic E-state index is 11.2. The molecule has 0 radical (unpaired) electrons. The maximum atomic E-state index is 11.2. The largest absolute Gasteiger partial charge is 0.343 e. The number of hydrogen-bond donors (Lipinski definition) is 0. The Morgan fingerprint density at radius 2 is 1.92 bits per heavy atom. The molecule has 0 bridgehead atoms. The zero-order chi connectivity index (χ0) is 10.3. The second kappa shape index (κ2) is 6.93. The molecule has 0 saturated heterocycles. The van der Waals surface area contributed by atoms with Gasteiger partial charge in [0.2, 0.25) is 5.91 Å². The van der Waals surface area contributed by atoms with Crippen LogP contribution in [-0.2, 0) is 4.79 Å². The quantitative estimate of drug-likeness (QED) is 0.623. The van der Waals surface area contributed by atoms with Crippen LogP contribution in [-0.4, -0.2) is 23.9 Å². The zero-order valence-electron chi connectivity index (χ0n) is 9.47. The SMILES string of the molecule is CCCN(CCC(C)CC)C(C)=O. The van der Waals surface area contributed by atoms with Gasteiger partial charge in [0, 0.05) is 20.0 Å². The molecule has 0 aromatic heterocycles. The summed E-state index contributed by atoms with van der Waals surface area (Å²) in [6.45, 7) is 10.0. The highest BCUT2D eigenvalue weighted by atomic mass is 16.2. The standard InChI is InChI=1S/C11H23NO/c1-5-8-12(11(4)13)9-7-10(3)6-2/h10H,5-9H2,1-4H3. The van der Waals surface area contributed by atoms with Crippen LogP contribution in [0.15, 0.2) is 0 Å². The van der Waals surface area contributed by atoms with Crippen LogP contribution in [0.3, 0.4) is 0 Å². The minimum Gasteiger partial charge on any atom is -0.343 e. The molecule has 1 unspecified atom stereocenters. The summed E-state index contributed by atoms with van der Waals surface area (Å²) in [5, 5.41) is 0.